The summed E-state index contributed by atoms with van der Waals surface area (Å²) >= 11 is 6.15. The lowest BCUT2D eigenvalue weighted by Gasteiger charge is -2.31. The van der Waals surface area contributed by atoms with Crippen molar-refractivity contribution in [2.24, 2.45) is 5.92 Å². The molecule has 1 heterocycles. The predicted molar refractivity (Wildman–Crippen MR) is 132 cm³/mol. The standard InChI is InChI=1S/C24H31ClN2O6S/c1-15(2)16-8-9-20(31-3)23(11-16)34(29,30)27-10-6-7-17(14-27)24(28)26-19-13-21(32-4)18(25)12-22(19)33-5/h8-9,11-13,15,17H,6-7,10,14H2,1-5H3,(H,26,28)/t17-/m1/s1. The summed E-state index contributed by atoms with van der Waals surface area (Å²) < 4.78 is 44.4. The van der Waals surface area contributed by atoms with Crippen molar-refractivity contribution in [3.05, 3.63) is 40.9 Å². The molecule has 34 heavy (non-hydrogen) atoms. The summed E-state index contributed by atoms with van der Waals surface area (Å²) in [6.45, 7) is 4.40. The number of carbonyl (C=O) groups is 1. The Labute approximate surface area is 206 Å². The molecule has 0 unspecified atom stereocenters. The van der Waals surface area contributed by atoms with Gasteiger partial charge in [0, 0.05) is 25.2 Å². The maximum Gasteiger partial charge on any atom is 0.246 e. The normalized spacial score (nSPS) is 16.9. The highest BCUT2D eigenvalue weighted by Crippen LogP contribution is 2.37. The predicted octanol–water partition coefficient (Wildman–Crippen LogP) is 4.53. The Morgan fingerprint density at radius 2 is 1.74 bits per heavy atom. The van der Waals surface area contributed by atoms with Gasteiger partial charge in [0.25, 0.3) is 0 Å². The molecule has 1 aliphatic rings. The first-order valence-electron chi connectivity index (χ1n) is 11.0. The summed E-state index contributed by atoms with van der Waals surface area (Å²) in [6.07, 6.45) is 1.12. The molecular formula is C24H31ClN2O6S. The van der Waals surface area contributed by atoms with Crippen LogP contribution in [0.1, 0.15) is 38.2 Å². The summed E-state index contributed by atoms with van der Waals surface area (Å²) in [6, 6.07) is 8.34. The number of carbonyl (C=O) groups excluding carboxylic acids is 1. The van der Waals surface area contributed by atoms with Crippen LogP contribution in [0.4, 0.5) is 5.69 Å². The number of hydrogen-bond acceptors (Lipinski definition) is 6. The number of halogens is 1. The van der Waals surface area contributed by atoms with Gasteiger partial charge in [-0.2, -0.15) is 4.31 Å². The smallest absolute Gasteiger partial charge is 0.246 e. The molecule has 2 aromatic rings. The number of ether oxygens (including phenoxy) is 3. The van der Waals surface area contributed by atoms with Crippen LogP contribution in [0, 0.1) is 5.92 Å². The van der Waals surface area contributed by atoms with E-state index in [0.717, 1.165) is 5.56 Å². The maximum atomic E-state index is 13.6. The van der Waals surface area contributed by atoms with E-state index in [2.05, 4.69) is 5.32 Å². The van der Waals surface area contributed by atoms with Crippen molar-refractivity contribution in [2.75, 3.05) is 39.7 Å². The molecule has 1 amide bonds. The molecule has 1 saturated heterocycles. The van der Waals surface area contributed by atoms with E-state index in [1.807, 2.05) is 19.9 Å². The van der Waals surface area contributed by atoms with E-state index in [1.165, 1.54) is 25.6 Å². The van der Waals surface area contributed by atoms with Gasteiger partial charge in [-0.05, 0) is 36.5 Å². The topological polar surface area (TPSA) is 94.2 Å². The Bertz CT molecular complexity index is 1150. The van der Waals surface area contributed by atoms with Gasteiger partial charge >= 0.3 is 0 Å². The molecular weight excluding hydrogens is 480 g/mol. The minimum absolute atomic E-state index is 0.0657. The van der Waals surface area contributed by atoms with Crippen LogP contribution in [0.2, 0.25) is 5.02 Å². The Hall–Kier alpha value is -2.49. The molecule has 0 bridgehead atoms. The number of methoxy groups -OCH3 is 3. The summed E-state index contributed by atoms with van der Waals surface area (Å²) in [7, 11) is 0.537. The third-order valence-corrected chi connectivity index (χ3v) is 8.14. The molecule has 0 saturated carbocycles. The van der Waals surface area contributed by atoms with Crippen molar-refractivity contribution >= 4 is 33.2 Å². The monoisotopic (exact) mass is 510 g/mol. The molecule has 2 aromatic carbocycles. The second kappa shape index (κ2) is 10.8. The lowest BCUT2D eigenvalue weighted by Crippen LogP contribution is -2.43. The molecule has 0 radical (unpaired) electrons. The minimum atomic E-state index is -3.86. The van der Waals surface area contributed by atoms with E-state index in [9.17, 15) is 13.2 Å². The fraction of sp³-hybridized carbons (Fsp3) is 0.458. The van der Waals surface area contributed by atoms with Crippen LogP contribution in [-0.4, -0.2) is 53.0 Å². The van der Waals surface area contributed by atoms with Crippen LogP contribution >= 0.6 is 11.6 Å². The summed E-state index contributed by atoms with van der Waals surface area (Å²) in [5.41, 5.74) is 1.30. The number of nitrogens with zero attached hydrogens (tertiary/aromatic N) is 1. The molecule has 1 N–H and O–H groups in total. The second-order valence-corrected chi connectivity index (χ2v) is 10.8. The van der Waals surface area contributed by atoms with Gasteiger partial charge in [0.05, 0.1) is 38.0 Å². The Morgan fingerprint density at radius 3 is 2.35 bits per heavy atom. The van der Waals surface area contributed by atoms with E-state index >= 15 is 0 Å². The van der Waals surface area contributed by atoms with Crippen molar-refractivity contribution in [1.29, 1.82) is 0 Å². The van der Waals surface area contributed by atoms with Crippen molar-refractivity contribution in [3.63, 3.8) is 0 Å². The first kappa shape index (κ1) is 26.1. The fourth-order valence-corrected chi connectivity index (χ4v) is 5.91. The molecule has 186 valence electrons. The third kappa shape index (κ3) is 5.42. The van der Waals surface area contributed by atoms with Crippen molar-refractivity contribution in [2.45, 2.75) is 37.5 Å². The van der Waals surface area contributed by atoms with Crippen LogP contribution in [0.15, 0.2) is 35.2 Å². The van der Waals surface area contributed by atoms with E-state index in [1.54, 1.807) is 24.3 Å². The van der Waals surface area contributed by atoms with Crippen LogP contribution in [0.3, 0.4) is 0 Å². The molecule has 1 fully saturated rings. The van der Waals surface area contributed by atoms with Crippen molar-refractivity contribution < 1.29 is 27.4 Å². The van der Waals surface area contributed by atoms with Gasteiger partial charge in [-0.15, -0.1) is 0 Å². The minimum Gasteiger partial charge on any atom is -0.495 e. The number of sulfonamides is 1. The molecule has 1 aliphatic heterocycles. The largest absolute Gasteiger partial charge is 0.495 e. The zero-order valence-corrected chi connectivity index (χ0v) is 21.6. The van der Waals surface area contributed by atoms with Gasteiger partial charge in [-0.3, -0.25) is 4.79 Å². The Kier molecular flexibility index (Phi) is 8.33. The number of hydrogen-bond donors (Lipinski definition) is 1. The highest BCUT2D eigenvalue weighted by atomic mass is 35.5. The van der Waals surface area contributed by atoms with Crippen LogP contribution < -0.4 is 19.5 Å². The maximum absolute atomic E-state index is 13.6. The van der Waals surface area contributed by atoms with Gasteiger partial charge in [0.1, 0.15) is 22.1 Å². The molecule has 1 atom stereocenters. The van der Waals surface area contributed by atoms with E-state index in [-0.39, 0.29) is 29.0 Å². The summed E-state index contributed by atoms with van der Waals surface area (Å²) in [5, 5.41) is 3.19. The lowest BCUT2D eigenvalue weighted by molar-refractivity contribution is -0.120. The molecule has 0 aromatic heterocycles. The summed E-state index contributed by atoms with van der Waals surface area (Å²) in [4.78, 5) is 13.2. The van der Waals surface area contributed by atoms with Crippen molar-refractivity contribution in [3.8, 4) is 17.2 Å². The number of piperidine rings is 1. The van der Waals surface area contributed by atoms with Crippen LogP contribution in [0.5, 0.6) is 17.2 Å². The molecule has 3 rings (SSSR count). The number of rotatable bonds is 8. The van der Waals surface area contributed by atoms with E-state index in [0.29, 0.717) is 41.6 Å². The van der Waals surface area contributed by atoms with Crippen LogP contribution in [-0.2, 0) is 14.8 Å². The fourth-order valence-electron chi connectivity index (χ4n) is 3.96. The Morgan fingerprint density at radius 1 is 1.06 bits per heavy atom. The van der Waals surface area contributed by atoms with Gasteiger partial charge in [0.2, 0.25) is 15.9 Å². The SMILES string of the molecule is COc1cc(NC(=O)[C@@H]2CCCN(S(=O)(=O)c3cc(C(C)C)ccc3OC)C2)c(OC)cc1Cl. The summed E-state index contributed by atoms with van der Waals surface area (Å²) in [5.74, 6) is 0.386. The quantitative estimate of drug-likeness (QED) is 0.560. The lowest BCUT2D eigenvalue weighted by atomic mass is 9.98. The average Bonchev–Trinajstić information content (AvgIpc) is 2.84. The van der Waals surface area contributed by atoms with Gasteiger partial charge in [-0.25, -0.2) is 8.42 Å². The first-order chi connectivity index (χ1) is 16.1. The average molecular weight is 511 g/mol. The number of anilines is 1. The molecule has 0 spiro atoms. The highest BCUT2D eigenvalue weighted by molar-refractivity contribution is 7.89. The zero-order valence-electron chi connectivity index (χ0n) is 20.1. The van der Waals surface area contributed by atoms with Crippen molar-refractivity contribution in [1.82, 2.24) is 4.31 Å². The van der Waals surface area contributed by atoms with E-state index < -0.39 is 15.9 Å². The third-order valence-electron chi connectivity index (χ3n) is 5.96. The number of benzene rings is 2. The van der Waals surface area contributed by atoms with Crippen LogP contribution in [0.25, 0.3) is 0 Å². The second-order valence-electron chi connectivity index (χ2n) is 8.44. The van der Waals surface area contributed by atoms with Gasteiger partial charge < -0.3 is 19.5 Å². The zero-order chi connectivity index (χ0) is 25.0. The van der Waals surface area contributed by atoms with Gasteiger partial charge in [-0.1, -0.05) is 31.5 Å². The molecule has 0 aliphatic carbocycles. The first-order valence-corrected chi connectivity index (χ1v) is 12.8. The number of nitrogens with one attached hydrogen (secondary N) is 1. The molecule has 10 heteroatoms. The number of amides is 1. The van der Waals surface area contributed by atoms with E-state index in [4.69, 9.17) is 25.8 Å². The highest BCUT2D eigenvalue weighted by Gasteiger charge is 2.35. The Balaban J connectivity index is 1.84. The van der Waals surface area contributed by atoms with Gasteiger partial charge in [0.15, 0.2) is 0 Å². The molecule has 8 nitrogen and oxygen atoms in total.